The summed E-state index contributed by atoms with van der Waals surface area (Å²) in [5, 5.41) is 5.13. The summed E-state index contributed by atoms with van der Waals surface area (Å²) in [5.41, 5.74) is 0. The van der Waals surface area contributed by atoms with Crippen LogP contribution in [0.1, 0.15) is 0 Å². The van der Waals surface area contributed by atoms with Crippen molar-refractivity contribution in [1.82, 2.24) is 10.6 Å². The zero-order chi connectivity index (χ0) is 7.82. The van der Waals surface area contributed by atoms with Crippen LogP contribution in [0.4, 0.5) is 0 Å². The van der Waals surface area contributed by atoms with Crippen molar-refractivity contribution in [3.8, 4) is 0 Å². The molecule has 0 bridgehead atoms. The fourth-order valence-electron chi connectivity index (χ4n) is 0.293. The first-order valence-electron chi connectivity index (χ1n) is 2.88. The minimum Gasteiger partial charge on any atom is -0.393 e. The third kappa shape index (κ3) is 4.83. The van der Waals surface area contributed by atoms with Gasteiger partial charge in [0.1, 0.15) is 0 Å². The van der Waals surface area contributed by atoms with Crippen LogP contribution in [-0.2, 0) is 4.79 Å². The molecule has 0 aromatic heterocycles. The van der Waals surface area contributed by atoms with Crippen molar-refractivity contribution in [2.24, 2.45) is 4.99 Å². The molecule has 0 unspecified atom stereocenters. The zero-order valence-corrected chi connectivity index (χ0v) is 6.09. The molecule has 0 radical (unpaired) electrons. The van der Waals surface area contributed by atoms with E-state index in [4.69, 9.17) is 0 Å². The summed E-state index contributed by atoms with van der Waals surface area (Å²) in [6.07, 6.45) is 4.32. The van der Waals surface area contributed by atoms with Crippen molar-refractivity contribution in [3.05, 3.63) is 12.4 Å². The van der Waals surface area contributed by atoms with E-state index >= 15 is 0 Å². The molecule has 0 aliphatic rings. The van der Waals surface area contributed by atoms with Crippen LogP contribution in [0.3, 0.4) is 0 Å². The van der Waals surface area contributed by atoms with Gasteiger partial charge in [-0.05, 0) is 0 Å². The van der Waals surface area contributed by atoms with Crippen molar-refractivity contribution in [2.45, 2.75) is 0 Å². The van der Waals surface area contributed by atoms with Crippen molar-refractivity contribution in [3.63, 3.8) is 0 Å². The molecule has 1 amide bonds. The standard InChI is InChI=1S/C6H11N3O/c1-7-3-4-9-5-6(10)8-2/h3-5,7H,1-2H3,(H,8,10)/b4-3-,9-5?. The van der Waals surface area contributed by atoms with E-state index in [0.29, 0.717) is 0 Å². The van der Waals surface area contributed by atoms with E-state index in [1.54, 1.807) is 20.3 Å². The average Bonchev–Trinajstić information content (AvgIpc) is 1.98. The van der Waals surface area contributed by atoms with Crippen LogP contribution in [0.5, 0.6) is 0 Å². The highest BCUT2D eigenvalue weighted by Gasteiger charge is 1.84. The van der Waals surface area contributed by atoms with Gasteiger partial charge in [-0.25, -0.2) is 0 Å². The molecule has 0 aliphatic heterocycles. The van der Waals surface area contributed by atoms with Gasteiger partial charge in [0.25, 0.3) is 5.91 Å². The predicted molar refractivity (Wildman–Crippen MR) is 40.8 cm³/mol. The number of amides is 1. The summed E-state index contributed by atoms with van der Waals surface area (Å²) in [6, 6.07) is 0. The lowest BCUT2D eigenvalue weighted by Crippen LogP contribution is -2.18. The van der Waals surface area contributed by atoms with Crippen molar-refractivity contribution < 1.29 is 4.79 Å². The summed E-state index contributed by atoms with van der Waals surface area (Å²) in [5.74, 6) is -0.208. The Hall–Kier alpha value is -1.32. The van der Waals surface area contributed by atoms with Crippen molar-refractivity contribution >= 4 is 12.1 Å². The number of nitrogens with one attached hydrogen (secondary N) is 2. The van der Waals surface area contributed by atoms with E-state index in [0.717, 1.165) is 0 Å². The Labute approximate surface area is 60.0 Å². The molecule has 0 saturated heterocycles. The van der Waals surface area contributed by atoms with Crippen molar-refractivity contribution in [2.75, 3.05) is 14.1 Å². The number of hydrogen-bond acceptors (Lipinski definition) is 3. The third-order valence-electron chi connectivity index (χ3n) is 0.765. The van der Waals surface area contributed by atoms with Gasteiger partial charge in [0.05, 0.1) is 6.21 Å². The quantitative estimate of drug-likeness (QED) is 0.520. The molecule has 2 N–H and O–H groups in total. The van der Waals surface area contributed by atoms with Gasteiger partial charge >= 0.3 is 0 Å². The molecule has 0 aromatic carbocycles. The highest BCUT2D eigenvalue weighted by molar-refractivity contribution is 6.26. The van der Waals surface area contributed by atoms with Gasteiger partial charge in [0.15, 0.2) is 0 Å². The normalized spacial score (nSPS) is 10.6. The molecule has 0 saturated carbocycles. The van der Waals surface area contributed by atoms with Crippen molar-refractivity contribution in [1.29, 1.82) is 0 Å². The Morgan fingerprint density at radius 2 is 2.20 bits per heavy atom. The van der Waals surface area contributed by atoms with Crippen LogP contribution in [0.15, 0.2) is 17.4 Å². The van der Waals surface area contributed by atoms with E-state index < -0.39 is 0 Å². The summed E-state index contributed by atoms with van der Waals surface area (Å²) in [7, 11) is 3.31. The van der Waals surface area contributed by atoms with Crippen LogP contribution in [0.25, 0.3) is 0 Å². The van der Waals surface area contributed by atoms with E-state index in [9.17, 15) is 4.79 Å². The Morgan fingerprint density at radius 3 is 2.70 bits per heavy atom. The number of rotatable bonds is 3. The summed E-state index contributed by atoms with van der Waals surface area (Å²) in [6.45, 7) is 0. The second-order valence-electron chi connectivity index (χ2n) is 1.50. The van der Waals surface area contributed by atoms with Crippen LogP contribution >= 0.6 is 0 Å². The minimum absolute atomic E-state index is 0.208. The molecule has 4 nitrogen and oxygen atoms in total. The molecule has 56 valence electrons. The summed E-state index contributed by atoms with van der Waals surface area (Å²) in [4.78, 5) is 14.1. The number of hydrogen-bond donors (Lipinski definition) is 2. The molecule has 0 atom stereocenters. The number of nitrogens with zero attached hydrogens (tertiary/aromatic N) is 1. The molecule has 0 fully saturated rings. The molecular weight excluding hydrogens is 130 g/mol. The molecule has 10 heavy (non-hydrogen) atoms. The molecule has 0 spiro atoms. The topological polar surface area (TPSA) is 53.5 Å². The number of aliphatic imine (C=N–C) groups is 1. The second-order valence-corrected chi connectivity index (χ2v) is 1.50. The lowest BCUT2D eigenvalue weighted by atomic mass is 10.7. The summed E-state index contributed by atoms with van der Waals surface area (Å²) < 4.78 is 0. The lowest BCUT2D eigenvalue weighted by Gasteiger charge is -1.85. The number of carbonyl (C=O) groups excluding carboxylic acids is 1. The maximum atomic E-state index is 10.5. The van der Waals surface area contributed by atoms with Gasteiger partial charge in [-0.2, -0.15) is 0 Å². The SMILES string of the molecule is CN/C=C\N=CC(=O)NC. The molecule has 0 heterocycles. The molecule has 0 aromatic rings. The predicted octanol–water partition coefficient (Wildman–Crippen LogP) is -0.506. The Balaban J connectivity index is 3.55. The Morgan fingerprint density at radius 1 is 1.50 bits per heavy atom. The highest BCUT2D eigenvalue weighted by Crippen LogP contribution is 1.67. The minimum atomic E-state index is -0.208. The first kappa shape index (κ1) is 8.68. The van der Waals surface area contributed by atoms with E-state index in [2.05, 4.69) is 15.6 Å². The Kier molecular flexibility index (Phi) is 5.04. The maximum Gasteiger partial charge on any atom is 0.262 e. The van der Waals surface area contributed by atoms with E-state index in [-0.39, 0.29) is 5.91 Å². The highest BCUT2D eigenvalue weighted by atomic mass is 16.1. The van der Waals surface area contributed by atoms with Gasteiger partial charge in [0.2, 0.25) is 0 Å². The van der Waals surface area contributed by atoms with E-state index in [1.807, 2.05) is 0 Å². The molecule has 0 rings (SSSR count). The zero-order valence-electron chi connectivity index (χ0n) is 6.09. The molecular formula is C6H11N3O. The van der Waals surface area contributed by atoms with Gasteiger partial charge < -0.3 is 10.6 Å². The first-order valence-corrected chi connectivity index (χ1v) is 2.88. The van der Waals surface area contributed by atoms with Gasteiger partial charge in [-0.15, -0.1) is 0 Å². The summed E-state index contributed by atoms with van der Waals surface area (Å²) >= 11 is 0. The van der Waals surface area contributed by atoms with Gasteiger partial charge in [0, 0.05) is 26.5 Å². The van der Waals surface area contributed by atoms with Gasteiger partial charge in [-0.1, -0.05) is 0 Å². The van der Waals surface area contributed by atoms with E-state index in [1.165, 1.54) is 12.4 Å². The fraction of sp³-hybridized carbons (Fsp3) is 0.333. The second kappa shape index (κ2) is 5.81. The third-order valence-corrected chi connectivity index (χ3v) is 0.765. The smallest absolute Gasteiger partial charge is 0.262 e. The Bertz CT molecular complexity index is 151. The van der Waals surface area contributed by atoms with Crippen LogP contribution in [-0.4, -0.2) is 26.2 Å². The number of carbonyl (C=O) groups is 1. The average molecular weight is 141 g/mol. The molecule has 4 heteroatoms. The van der Waals surface area contributed by atoms with Gasteiger partial charge in [-0.3, -0.25) is 9.79 Å². The van der Waals surface area contributed by atoms with Crippen LogP contribution in [0.2, 0.25) is 0 Å². The fourth-order valence-corrected chi connectivity index (χ4v) is 0.293. The first-order chi connectivity index (χ1) is 4.81. The van der Waals surface area contributed by atoms with Crippen LogP contribution < -0.4 is 10.6 Å². The monoisotopic (exact) mass is 141 g/mol. The molecule has 0 aliphatic carbocycles. The van der Waals surface area contributed by atoms with Crippen LogP contribution in [0, 0.1) is 0 Å². The maximum absolute atomic E-state index is 10.5. The lowest BCUT2D eigenvalue weighted by molar-refractivity contribution is -0.113. The largest absolute Gasteiger partial charge is 0.393 e.